The molecule has 2 nitrogen and oxygen atoms in total. The van der Waals surface area contributed by atoms with Crippen molar-refractivity contribution in [1.82, 2.24) is 4.98 Å². The third kappa shape index (κ3) is 3.50. The molecule has 0 fully saturated rings. The van der Waals surface area contributed by atoms with Crippen LogP contribution in [0.15, 0.2) is 41.4 Å². The Morgan fingerprint density at radius 1 is 1.17 bits per heavy atom. The molecule has 0 bridgehead atoms. The SMILES string of the molecule is Cc1cc(C)nc(SCCc2ccccc2N)c1. The van der Waals surface area contributed by atoms with Gasteiger partial charge in [-0.1, -0.05) is 18.2 Å². The molecule has 3 heteroatoms. The van der Waals surface area contributed by atoms with Gasteiger partial charge in [0.25, 0.3) is 0 Å². The van der Waals surface area contributed by atoms with E-state index >= 15 is 0 Å². The zero-order valence-electron chi connectivity index (χ0n) is 10.8. The van der Waals surface area contributed by atoms with Gasteiger partial charge in [-0.15, -0.1) is 11.8 Å². The van der Waals surface area contributed by atoms with E-state index < -0.39 is 0 Å². The average Bonchev–Trinajstić information content (AvgIpc) is 2.30. The topological polar surface area (TPSA) is 38.9 Å². The summed E-state index contributed by atoms with van der Waals surface area (Å²) in [5.41, 5.74) is 10.4. The number of rotatable bonds is 4. The number of hydrogen-bond acceptors (Lipinski definition) is 3. The molecular formula is C15H18N2S. The summed E-state index contributed by atoms with van der Waals surface area (Å²) in [4.78, 5) is 4.52. The first-order valence-electron chi connectivity index (χ1n) is 6.06. The predicted molar refractivity (Wildman–Crippen MR) is 79.0 cm³/mol. The Kier molecular flexibility index (Phi) is 4.26. The van der Waals surface area contributed by atoms with Crippen LogP contribution < -0.4 is 5.73 Å². The molecule has 0 unspecified atom stereocenters. The number of nitrogens with two attached hydrogens (primary N) is 1. The summed E-state index contributed by atoms with van der Waals surface area (Å²) in [5.74, 6) is 1.00. The molecular weight excluding hydrogens is 240 g/mol. The number of pyridine rings is 1. The quantitative estimate of drug-likeness (QED) is 0.672. The van der Waals surface area contributed by atoms with Crippen LogP contribution in [0.25, 0.3) is 0 Å². The standard InChI is InChI=1S/C15H18N2S/c1-11-9-12(2)17-15(10-11)18-8-7-13-5-3-4-6-14(13)16/h3-6,9-10H,7-8,16H2,1-2H3. The summed E-state index contributed by atoms with van der Waals surface area (Å²) in [6.45, 7) is 4.14. The van der Waals surface area contributed by atoms with E-state index in [1.165, 1.54) is 11.1 Å². The van der Waals surface area contributed by atoms with Crippen LogP contribution in [0.2, 0.25) is 0 Å². The van der Waals surface area contributed by atoms with Gasteiger partial charge in [-0.25, -0.2) is 4.98 Å². The number of aryl methyl sites for hydroxylation is 3. The molecule has 0 saturated carbocycles. The fraction of sp³-hybridized carbons (Fsp3) is 0.267. The highest BCUT2D eigenvalue weighted by atomic mass is 32.2. The number of nitrogen functional groups attached to an aromatic ring is 1. The Balaban J connectivity index is 1.94. The van der Waals surface area contributed by atoms with Crippen molar-refractivity contribution in [3.05, 3.63) is 53.2 Å². The molecule has 94 valence electrons. The smallest absolute Gasteiger partial charge is 0.0965 e. The van der Waals surface area contributed by atoms with Gasteiger partial charge in [0.2, 0.25) is 0 Å². The second-order valence-electron chi connectivity index (χ2n) is 4.42. The number of anilines is 1. The first kappa shape index (κ1) is 13.0. The molecule has 0 spiro atoms. The van der Waals surface area contributed by atoms with Crippen molar-refractivity contribution >= 4 is 17.4 Å². The Labute approximate surface area is 113 Å². The number of benzene rings is 1. The van der Waals surface area contributed by atoms with Gasteiger partial charge in [-0.3, -0.25) is 0 Å². The van der Waals surface area contributed by atoms with Crippen molar-refractivity contribution in [3.63, 3.8) is 0 Å². The minimum atomic E-state index is 0.881. The Bertz CT molecular complexity index is 518. The van der Waals surface area contributed by atoms with Crippen molar-refractivity contribution < 1.29 is 0 Å². The van der Waals surface area contributed by atoms with E-state index in [4.69, 9.17) is 5.73 Å². The molecule has 2 N–H and O–H groups in total. The van der Waals surface area contributed by atoms with E-state index in [1.54, 1.807) is 11.8 Å². The van der Waals surface area contributed by atoms with Crippen LogP contribution in [-0.4, -0.2) is 10.7 Å². The molecule has 0 radical (unpaired) electrons. The second-order valence-corrected chi connectivity index (χ2v) is 5.54. The highest BCUT2D eigenvalue weighted by molar-refractivity contribution is 7.99. The first-order valence-corrected chi connectivity index (χ1v) is 7.05. The van der Waals surface area contributed by atoms with Crippen LogP contribution in [0, 0.1) is 13.8 Å². The zero-order valence-corrected chi connectivity index (χ0v) is 11.6. The summed E-state index contributed by atoms with van der Waals surface area (Å²) in [6, 6.07) is 12.3. The van der Waals surface area contributed by atoms with Crippen LogP contribution in [0.3, 0.4) is 0 Å². The number of nitrogens with zero attached hydrogens (tertiary/aromatic N) is 1. The summed E-state index contributed by atoms with van der Waals surface area (Å²) >= 11 is 1.79. The van der Waals surface area contributed by atoms with Gasteiger partial charge < -0.3 is 5.73 Å². The number of para-hydroxylation sites is 1. The molecule has 0 amide bonds. The van der Waals surface area contributed by atoms with Crippen LogP contribution >= 0.6 is 11.8 Å². The van der Waals surface area contributed by atoms with Gasteiger partial charge in [-0.05, 0) is 49.6 Å². The molecule has 0 aliphatic heterocycles. The van der Waals surface area contributed by atoms with Crippen LogP contribution in [0.4, 0.5) is 5.69 Å². The summed E-state index contributed by atoms with van der Waals surface area (Å²) in [6.07, 6.45) is 0.978. The second kappa shape index (κ2) is 5.91. The van der Waals surface area contributed by atoms with E-state index in [1.807, 2.05) is 25.1 Å². The van der Waals surface area contributed by atoms with E-state index in [0.717, 1.165) is 28.6 Å². The van der Waals surface area contributed by atoms with Crippen LogP contribution in [-0.2, 0) is 6.42 Å². The number of thioether (sulfide) groups is 1. The molecule has 1 heterocycles. The Hall–Kier alpha value is -1.48. The van der Waals surface area contributed by atoms with Crippen molar-refractivity contribution in [1.29, 1.82) is 0 Å². The van der Waals surface area contributed by atoms with Crippen molar-refractivity contribution in [2.24, 2.45) is 0 Å². The number of hydrogen-bond donors (Lipinski definition) is 1. The molecule has 0 atom stereocenters. The normalized spacial score (nSPS) is 10.6. The maximum atomic E-state index is 5.92. The van der Waals surface area contributed by atoms with Crippen molar-refractivity contribution in [2.45, 2.75) is 25.3 Å². The third-order valence-electron chi connectivity index (χ3n) is 2.75. The summed E-state index contributed by atoms with van der Waals surface area (Å²) < 4.78 is 0. The van der Waals surface area contributed by atoms with E-state index in [0.29, 0.717) is 0 Å². The minimum absolute atomic E-state index is 0.881. The average molecular weight is 258 g/mol. The largest absolute Gasteiger partial charge is 0.399 e. The molecule has 0 aliphatic carbocycles. The van der Waals surface area contributed by atoms with Gasteiger partial charge in [0.05, 0.1) is 5.03 Å². The minimum Gasteiger partial charge on any atom is -0.399 e. The van der Waals surface area contributed by atoms with Gasteiger partial charge in [0, 0.05) is 17.1 Å². The maximum absolute atomic E-state index is 5.92. The fourth-order valence-electron chi connectivity index (χ4n) is 1.91. The molecule has 0 saturated heterocycles. The van der Waals surface area contributed by atoms with Crippen LogP contribution in [0.1, 0.15) is 16.8 Å². The van der Waals surface area contributed by atoms with E-state index in [2.05, 4.69) is 30.1 Å². The van der Waals surface area contributed by atoms with E-state index in [-0.39, 0.29) is 0 Å². The number of aromatic nitrogens is 1. The lowest BCUT2D eigenvalue weighted by molar-refractivity contribution is 1.04. The highest BCUT2D eigenvalue weighted by Gasteiger charge is 2.01. The lowest BCUT2D eigenvalue weighted by atomic mass is 10.1. The molecule has 2 aromatic rings. The van der Waals surface area contributed by atoms with Gasteiger partial charge in [-0.2, -0.15) is 0 Å². The molecule has 2 rings (SSSR count). The predicted octanol–water partition coefficient (Wildman–Crippen LogP) is 3.62. The maximum Gasteiger partial charge on any atom is 0.0965 e. The lowest BCUT2D eigenvalue weighted by Gasteiger charge is -2.06. The summed E-state index contributed by atoms with van der Waals surface area (Å²) in [5, 5.41) is 1.10. The Morgan fingerprint density at radius 3 is 2.67 bits per heavy atom. The van der Waals surface area contributed by atoms with Crippen LogP contribution in [0.5, 0.6) is 0 Å². The summed E-state index contributed by atoms with van der Waals surface area (Å²) in [7, 11) is 0. The van der Waals surface area contributed by atoms with Crippen molar-refractivity contribution in [3.8, 4) is 0 Å². The van der Waals surface area contributed by atoms with Crippen molar-refractivity contribution in [2.75, 3.05) is 11.5 Å². The zero-order chi connectivity index (χ0) is 13.0. The molecule has 1 aromatic heterocycles. The molecule has 0 aliphatic rings. The van der Waals surface area contributed by atoms with Gasteiger partial charge >= 0.3 is 0 Å². The fourth-order valence-corrected chi connectivity index (χ4v) is 2.91. The highest BCUT2D eigenvalue weighted by Crippen LogP contribution is 2.20. The monoisotopic (exact) mass is 258 g/mol. The third-order valence-corrected chi connectivity index (χ3v) is 3.66. The lowest BCUT2D eigenvalue weighted by Crippen LogP contribution is -1.96. The Morgan fingerprint density at radius 2 is 1.94 bits per heavy atom. The van der Waals surface area contributed by atoms with Gasteiger partial charge in [0.1, 0.15) is 0 Å². The first-order chi connectivity index (χ1) is 8.65. The molecule has 1 aromatic carbocycles. The molecule has 18 heavy (non-hydrogen) atoms. The van der Waals surface area contributed by atoms with Gasteiger partial charge in [0.15, 0.2) is 0 Å². The van der Waals surface area contributed by atoms with E-state index in [9.17, 15) is 0 Å².